The molecule has 2 heterocycles. The van der Waals surface area contributed by atoms with Crippen LogP contribution in [0.25, 0.3) is 10.2 Å². The molecule has 1 saturated carbocycles. The fourth-order valence-corrected chi connectivity index (χ4v) is 7.42. The number of ether oxygens (including phenoxy) is 1. The SMILES string of the molecule is O=C(CCCSc1nc2ccccc2s1)OCC(=O)N(C1CC1)[C@@H]1CCS(=O)(=O)C1. The number of fused-ring (bicyclic) bond motifs is 1. The number of rotatable bonds is 9. The van der Waals surface area contributed by atoms with Gasteiger partial charge in [0.25, 0.3) is 5.91 Å². The van der Waals surface area contributed by atoms with E-state index in [1.165, 1.54) is 0 Å². The minimum atomic E-state index is -3.07. The topological polar surface area (TPSA) is 93.6 Å². The number of thiazole rings is 1. The van der Waals surface area contributed by atoms with Crippen LogP contribution < -0.4 is 0 Å². The molecule has 2 fully saturated rings. The Morgan fingerprint density at radius 2 is 2.00 bits per heavy atom. The molecule has 0 bridgehead atoms. The number of benzene rings is 1. The van der Waals surface area contributed by atoms with Crippen LogP contribution >= 0.6 is 23.1 Å². The molecule has 1 amide bonds. The number of para-hydroxylation sites is 1. The molecule has 30 heavy (non-hydrogen) atoms. The van der Waals surface area contributed by atoms with Gasteiger partial charge in [-0.3, -0.25) is 9.59 Å². The van der Waals surface area contributed by atoms with E-state index < -0.39 is 15.8 Å². The third-order valence-electron chi connectivity index (χ3n) is 5.21. The van der Waals surface area contributed by atoms with Crippen LogP contribution in [-0.2, 0) is 24.2 Å². The van der Waals surface area contributed by atoms with Crippen LogP contribution in [0.5, 0.6) is 0 Å². The number of nitrogens with zero attached hydrogens (tertiary/aromatic N) is 2. The van der Waals surface area contributed by atoms with Gasteiger partial charge < -0.3 is 9.64 Å². The van der Waals surface area contributed by atoms with E-state index in [0.29, 0.717) is 12.8 Å². The molecule has 2 aromatic rings. The molecule has 0 N–H and O–H groups in total. The van der Waals surface area contributed by atoms with E-state index in [1.807, 2.05) is 24.3 Å². The van der Waals surface area contributed by atoms with Crippen molar-refractivity contribution < 1.29 is 22.7 Å². The zero-order valence-electron chi connectivity index (χ0n) is 16.5. The summed E-state index contributed by atoms with van der Waals surface area (Å²) in [7, 11) is -3.07. The minimum Gasteiger partial charge on any atom is -0.456 e. The molecule has 1 aliphatic carbocycles. The highest BCUT2D eigenvalue weighted by molar-refractivity contribution is 8.01. The first-order valence-electron chi connectivity index (χ1n) is 10.1. The number of thioether (sulfide) groups is 1. The van der Waals surface area contributed by atoms with E-state index in [4.69, 9.17) is 4.74 Å². The normalized spacial score (nSPS) is 20.3. The summed E-state index contributed by atoms with van der Waals surface area (Å²) in [5, 5.41) is 0. The summed E-state index contributed by atoms with van der Waals surface area (Å²) < 4.78 is 30.8. The molecule has 10 heteroatoms. The molecule has 0 unspecified atom stereocenters. The molecule has 7 nitrogen and oxygen atoms in total. The number of aromatic nitrogens is 1. The van der Waals surface area contributed by atoms with Crippen LogP contribution in [0.3, 0.4) is 0 Å². The van der Waals surface area contributed by atoms with Gasteiger partial charge in [0.2, 0.25) is 0 Å². The molecule has 162 valence electrons. The zero-order valence-corrected chi connectivity index (χ0v) is 18.9. The summed E-state index contributed by atoms with van der Waals surface area (Å²) in [5.41, 5.74) is 0.984. The second-order valence-electron chi connectivity index (χ2n) is 7.65. The van der Waals surface area contributed by atoms with E-state index in [9.17, 15) is 18.0 Å². The van der Waals surface area contributed by atoms with E-state index in [1.54, 1.807) is 28.0 Å². The van der Waals surface area contributed by atoms with E-state index in [0.717, 1.165) is 33.2 Å². The summed E-state index contributed by atoms with van der Waals surface area (Å²) in [4.78, 5) is 30.8. The van der Waals surface area contributed by atoms with Gasteiger partial charge in [0.1, 0.15) is 0 Å². The molecule has 1 aromatic carbocycles. The van der Waals surface area contributed by atoms with Gasteiger partial charge in [-0.15, -0.1) is 11.3 Å². The van der Waals surface area contributed by atoms with Crippen LogP contribution in [0, 0.1) is 0 Å². The van der Waals surface area contributed by atoms with Crippen LogP contribution in [-0.4, -0.2) is 66.1 Å². The van der Waals surface area contributed by atoms with E-state index in [2.05, 4.69) is 4.98 Å². The minimum absolute atomic E-state index is 0.0200. The van der Waals surface area contributed by atoms with Crippen LogP contribution in [0.4, 0.5) is 0 Å². The maximum absolute atomic E-state index is 12.6. The van der Waals surface area contributed by atoms with Gasteiger partial charge in [-0.2, -0.15) is 0 Å². The molecule has 0 spiro atoms. The molecular weight excluding hydrogens is 444 g/mol. The predicted molar refractivity (Wildman–Crippen MR) is 117 cm³/mol. The van der Waals surface area contributed by atoms with E-state index >= 15 is 0 Å². The number of carbonyl (C=O) groups excluding carboxylic acids is 2. The number of amides is 1. The number of sulfone groups is 1. The summed E-state index contributed by atoms with van der Waals surface area (Å²) in [5.74, 6) is 0.212. The smallest absolute Gasteiger partial charge is 0.306 e. The summed E-state index contributed by atoms with van der Waals surface area (Å²) in [6, 6.07) is 7.79. The quantitative estimate of drug-likeness (QED) is 0.317. The fraction of sp³-hybridized carbons (Fsp3) is 0.550. The standard InChI is InChI=1S/C20H24N2O5S3/c23-18(22(14-7-8-14)15-9-11-30(25,26)13-15)12-27-19(24)6-3-10-28-20-21-16-4-1-2-5-17(16)29-20/h1-2,4-5,14-15H,3,6-13H2/t15-/m1/s1. The van der Waals surface area contributed by atoms with Crippen molar-refractivity contribution in [3.05, 3.63) is 24.3 Å². The lowest BCUT2D eigenvalue weighted by molar-refractivity contribution is -0.153. The van der Waals surface area contributed by atoms with Gasteiger partial charge in [0.15, 0.2) is 20.8 Å². The summed E-state index contributed by atoms with van der Waals surface area (Å²) >= 11 is 3.25. The summed E-state index contributed by atoms with van der Waals surface area (Å²) in [6.45, 7) is -0.309. The van der Waals surface area contributed by atoms with Gasteiger partial charge in [0, 0.05) is 24.3 Å². The number of hydrogen-bond donors (Lipinski definition) is 0. The number of hydrogen-bond acceptors (Lipinski definition) is 8. The first-order chi connectivity index (χ1) is 14.4. The van der Waals surface area contributed by atoms with Crippen molar-refractivity contribution in [2.75, 3.05) is 23.9 Å². The van der Waals surface area contributed by atoms with Crippen molar-refractivity contribution in [2.24, 2.45) is 0 Å². The molecule has 4 rings (SSSR count). The van der Waals surface area contributed by atoms with Crippen molar-refractivity contribution in [3.63, 3.8) is 0 Å². The Morgan fingerprint density at radius 1 is 1.20 bits per heavy atom. The Kier molecular flexibility index (Phi) is 6.64. The second kappa shape index (κ2) is 9.23. The Balaban J connectivity index is 1.18. The number of carbonyl (C=O) groups is 2. The molecule has 1 atom stereocenters. The second-order valence-corrected chi connectivity index (χ2v) is 12.3. The summed E-state index contributed by atoms with van der Waals surface area (Å²) in [6.07, 6.45) is 3.13. The van der Waals surface area contributed by atoms with Crippen LogP contribution in [0.2, 0.25) is 0 Å². The first-order valence-corrected chi connectivity index (χ1v) is 13.7. The molecule has 1 aliphatic heterocycles. The third-order valence-corrected chi connectivity index (χ3v) is 9.23. The molecule has 2 aliphatic rings. The van der Waals surface area contributed by atoms with Crippen molar-refractivity contribution in [1.82, 2.24) is 9.88 Å². The van der Waals surface area contributed by atoms with Crippen molar-refractivity contribution >= 4 is 55.0 Å². The van der Waals surface area contributed by atoms with Crippen molar-refractivity contribution in [1.29, 1.82) is 0 Å². The van der Waals surface area contributed by atoms with Gasteiger partial charge in [-0.05, 0) is 37.8 Å². The Labute approximate surface area is 184 Å². The highest BCUT2D eigenvalue weighted by Gasteiger charge is 2.42. The Morgan fingerprint density at radius 3 is 2.70 bits per heavy atom. The average Bonchev–Trinajstić information content (AvgIpc) is 3.34. The molecule has 1 aromatic heterocycles. The van der Waals surface area contributed by atoms with Crippen LogP contribution in [0.1, 0.15) is 32.1 Å². The third kappa shape index (κ3) is 5.53. The maximum Gasteiger partial charge on any atom is 0.306 e. The van der Waals surface area contributed by atoms with Crippen molar-refractivity contribution in [2.45, 2.75) is 48.5 Å². The van der Waals surface area contributed by atoms with Gasteiger partial charge >= 0.3 is 5.97 Å². The highest BCUT2D eigenvalue weighted by Crippen LogP contribution is 2.32. The Bertz CT molecular complexity index is 999. The van der Waals surface area contributed by atoms with Crippen molar-refractivity contribution in [3.8, 4) is 0 Å². The largest absolute Gasteiger partial charge is 0.456 e. The van der Waals surface area contributed by atoms with Gasteiger partial charge in [-0.25, -0.2) is 13.4 Å². The lowest BCUT2D eigenvalue weighted by Crippen LogP contribution is -2.44. The highest BCUT2D eigenvalue weighted by atomic mass is 32.2. The molecule has 0 radical (unpaired) electrons. The van der Waals surface area contributed by atoms with E-state index in [-0.39, 0.29) is 42.5 Å². The maximum atomic E-state index is 12.6. The Hall–Kier alpha value is -1.65. The zero-order chi connectivity index (χ0) is 21.1. The first kappa shape index (κ1) is 21.6. The lowest BCUT2D eigenvalue weighted by Gasteiger charge is -2.28. The average molecular weight is 469 g/mol. The van der Waals surface area contributed by atoms with Gasteiger partial charge in [-0.1, -0.05) is 23.9 Å². The molecular formula is C20H24N2O5S3. The predicted octanol–water partition coefficient (Wildman–Crippen LogP) is 2.89. The lowest BCUT2D eigenvalue weighted by atomic mass is 10.2. The van der Waals surface area contributed by atoms with Crippen LogP contribution in [0.15, 0.2) is 28.6 Å². The molecule has 1 saturated heterocycles. The number of esters is 1. The van der Waals surface area contributed by atoms with Gasteiger partial charge in [0.05, 0.1) is 21.7 Å². The fourth-order valence-electron chi connectivity index (χ4n) is 3.63. The monoisotopic (exact) mass is 468 g/mol.